The van der Waals surface area contributed by atoms with Gasteiger partial charge in [-0.25, -0.2) is 0 Å². The molecule has 2 nitrogen and oxygen atoms in total. The summed E-state index contributed by atoms with van der Waals surface area (Å²) in [5, 5.41) is 0. The van der Waals surface area contributed by atoms with Crippen molar-refractivity contribution in [3.05, 3.63) is 0 Å². The smallest absolute Gasteiger partial charge is 0.177 e. The molecular formula is C6H14ClNO. The van der Waals surface area contributed by atoms with Crippen LogP contribution < -0.4 is 18.1 Å². The van der Waals surface area contributed by atoms with Crippen LogP contribution in [-0.2, 0) is 4.79 Å². The number of halogens is 1. The Hall–Kier alpha value is -0.0800. The lowest BCUT2D eigenvalue weighted by Crippen LogP contribution is -3.00. The quantitative estimate of drug-likeness (QED) is 0.426. The monoisotopic (exact) mass is 151 g/mol. The van der Waals surface area contributed by atoms with Crippen molar-refractivity contribution in [2.75, 3.05) is 0 Å². The second-order valence-electron chi connectivity index (χ2n) is 2.19. The lowest BCUT2D eigenvalue weighted by Gasteiger charge is -2.06. The molecule has 2 atom stereocenters. The Morgan fingerprint density at radius 2 is 2.11 bits per heavy atom. The van der Waals surface area contributed by atoms with Crippen LogP contribution in [0.1, 0.15) is 20.3 Å². The summed E-state index contributed by atoms with van der Waals surface area (Å²) in [6, 6.07) is -0.0139. The number of rotatable bonds is 3. The first kappa shape index (κ1) is 11.7. The summed E-state index contributed by atoms with van der Waals surface area (Å²) in [4.78, 5) is 10.0. The van der Waals surface area contributed by atoms with E-state index in [0.717, 1.165) is 12.7 Å². The van der Waals surface area contributed by atoms with E-state index in [0.29, 0.717) is 5.92 Å². The van der Waals surface area contributed by atoms with Gasteiger partial charge < -0.3 is 18.1 Å². The van der Waals surface area contributed by atoms with E-state index >= 15 is 0 Å². The van der Waals surface area contributed by atoms with Gasteiger partial charge in [0.25, 0.3) is 0 Å². The molecule has 3 heteroatoms. The Kier molecular flexibility index (Phi) is 7.85. The normalized spacial score (nSPS) is 15.4. The van der Waals surface area contributed by atoms with Crippen LogP contribution in [0.15, 0.2) is 0 Å². The molecular weight excluding hydrogens is 138 g/mol. The molecule has 0 spiro atoms. The van der Waals surface area contributed by atoms with Crippen LogP contribution in [0, 0.1) is 5.92 Å². The molecule has 0 aromatic carbocycles. The predicted molar refractivity (Wildman–Crippen MR) is 32.2 cm³/mol. The molecule has 0 saturated heterocycles. The Balaban J connectivity index is 0. The molecule has 9 heavy (non-hydrogen) atoms. The maximum Gasteiger partial charge on any atom is 0.177 e. The molecule has 0 aromatic heterocycles. The molecule has 0 aromatic rings. The predicted octanol–water partition coefficient (Wildman–Crippen LogP) is -3.15. The molecule has 0 bridgehead atoms. The molecule has 0 saturated carbocycles. The van der Waals surface area contributed by atoms with E-state index in [2.05, 4.69) is 12.7 Å². The molecule has 1 unspecified atom stereocenters. The maximum atomic E-state index is 10.0. The molecule has 0 heterocycles. The first-order chi connectivity index (χ1) is 3.72. The van der Waals surface area contributed by atoms with E-state index in [1.54, 1.807) is 0 Å². The lowest BCUT2D eigenvalue weighted by atomic mass is 10.0. The topological polar surface area (TPSA) is 44.7 Å². The van der Waals surface area contributed by atoms with Gasteiger partial charge in [0.1, 0.15) is 6.04 Å². The minimum atomic E-state index is -0.0139. The molecule has 3 N–H and O–H groups in total. The number of hydrogen-bond acceptors (Lipinski definition) is 1. The summed E-state index contributed by atoms with van der Waals surface area (Å²) in [6.45, 7) is 4.10. The number of carbonyl (C=O) groups is 1. The maximum absolute atomic E-state index is 10.0. The van der Waals surface area contributed by atoms with E-state index in [4.69, 9.17) is 0 Å². The highest BCUT2D eigenvalue weighted by atomic mass is 35.5. The SMILES string of the molecule is CCC(C)[C@H]([NH3+])C=O.[Cl-]. The standard InChI is InChI=1S/C6H13NO.ClH/c1-3-5(2)6(7)4-8;/h4-6H,3,7H2,1-2H3;1H/t5?,6-;/m1./s1. The second kappa shape index (κ2) is 6.05. The van der Waals surface area contributed by atoms with E-state index in [1.807, 2.05) is 6.92 Å². The summed E-state index contributed by atoms with van der Waals surface area (Å²) >= 11 is 0. The largest absolute Gasteiger partial charge is 1.00 e. The van der Waals surface area contributed by atoms with Crippen LogP contribution in [0.4, 0.5) is 0 Å². The van der Waals surface area contributed by atoms with Gasteiger partial charge in [-0.05, 0) is 6.42 Å². The Morgan fingerprint density at radius 1 is 1.67 bits per heavy atom. The Morgan fingerprint density at radius 3 is 2.22 bits per heavy atom. The van der Waals surface area contributed by atoms with Gasteiger partial charge in [-0.2, -0.15) is 0 Å². The first-order valence-electron chi connectivity index (χ1n) is 3.00. The van der Waals surface area contributed by atoms with E-state index in [-0.39, 0.29) is 18.4 Å². The minimum Gasteiger partial charge on any atom is -1.00 e. The zero-order valence-corrected chi connectivity index (χ0v) is 6.69. The van der Waals surface area contributed by atoms with Crippen LogP contribution in [0.5, 0.6) is 0 Å². The third kappa shape index (κ3) is 4.43. The third-order valence-corrected chi connectivity index (χ3v) is 1.55. The van der Waals surface area contributed by atoms with Gasteiger partial charge in [-0.15, -0.1) is 0 Å². The van der Waals surface area contributed by atoms with Crippen molar-refractivity contribution in [2.45, 2.75) is 26.3 Å². The number of quaternary nitrogens is 1. The molecule has 0 fully saturated rings. The van der Waals surface area contributed by atoms with Crippen molar-refractivity contribution >= 4 is 6.29 Å². The Labute approximate surface area is 62.2 Å². The summed E-state index contributed by atoms with van der Waals surface area (Å²) in [7, 11) is 0. The average Bonchev–Trinajstić information content (AvgIpc) is 1.84. The van der Waals surface area contributed by atoms with Gasteiger partial charge >= 0.3 is 0 Å². The summed E-state index contributed by atoms with van der Waals surface area (Å²) in [5.41, 5.74) is 3.66. The second-order valence-corrected chi connectivity index (χ2v) is 2.19. The minimum absolute atomic E-state index is 0. The van der Waals surface area contributed by atoms with Crippen molar-refractivity contribution in [3.63, 3.8) is 0 Å². The van der Waals surface area contributed by atoms with Crippen LogP contribution in [-0.4, -0.2) is 12.3 Å². The van der Waals surface area contributed by atoms with E-state index in [9.17, 15) is 4.79 Å². The average molecular weight is 152 g/mol. The molecule has 56 valence electrons. The highest BCUT2D eigenvalue weighted by molar-refractivity contribution is 5.55. The van der Waals surface area contributed by atoms with Gasteiger partial charge in [-0.3, -0.25) is 4.79 Å². The fraction of sp³-hybridized carbons (Fsp3) is 0.833. The fourth-order valence-corrected chi connectivity index (χ4v) is 0.437. The fourth-order valence-electron chi connectivity index (χ4n) is 0.437. The number of hydrogen-bond donors (Lipinski definition) is 1. The lowest BCUT2D eigenvalue weighted by molar-refractivity contribution is -0.411. The highest BCUT2D eigenvalue weighted by Crippen LogP contribution is 2.00. The van der Waals surface area contributed by atoms with Crippen molar-refractivity contribution < 1.29 is 22.9 Å². The van der Waals surface area contributed by atoms with Crippen molar-refractivity contribution in [3.8, 4) is 0 Å². The summed E-state index contributed by atoms with van der Waals surface area (Å²) in [6.07, 6.45) is 1.95. The van der Waals surface area contributed by atoms with Gasteiger partial charge in [0.15, 0.2) is 6.29 Å². The molecule has 0 aliphatic heterocycles. The van der Waals surface area contributed by atoms with Crippen molar-refractivity contribution in [1.82, 2.24) is 0 Å². The van der Waals surface area contributed by atoms with Gasteiger partial charge in [-0.1, -0.05) is 13.8 Å². The zero-order chi connectivity index (χ0) is 6.57. The van der Waals surface area contributed by atoms with Crippen LogP contribution in [0.25, 0.3) is 0 Å². The summed E-state index contributed by atoms with van der Waals surface area (Å²) < 4.78 is 0. The van der Waals surface area contributed by atoms with Crippen LogP contribution >= 0.6 is 0 Å². The van der Waals surface area contributed by atoms with Gasteiger partial charge in [0, 0.05) is 5.92 Å². The van der Waals surface area contributed by atoms with E-state index < -0.39 is 0 Å². The van der Waals surface area contributed by atoms with Gasteiger partial charge in [0.2, 0.25) is 0 Å². The van der Waals surface area contributed by atoms with Gasteiger partial charge in [0.05, 0.1) is 0 Å². The van der Waals surface area contributed by atoms with Crippen molar-refractivity contribution in [1.29, 1.82) is 0 Å². The summed E-state index contributed by atoms with van der Waals surface area (Å²) in [5.74, 6) is 0.437. The van der Waals surface area contributed by atoms with Crippen LogP contribution in [0.2, 0.25) is 0 Å². The Bertz CT molecular complexity index is 77.5. The first-order valence-corrected chi connectivity index (χ1v) is 3.00. The number of carbonyl (C=O) groups excluding carboxylic acids is 1. The number of aldehydes is 1. The third-order valence-electron chi connectivity index (χ3n) is 1.55. The molecule has 0 radical (unpaired) electrons. The van der Waals surface area contributed by atoms with E-state index in [1.165, 1.54) is 0 Å². The van der Waals surface area contributed by atoms with Crippen LogP contribution in [0.3, 0.4) is 0 Å². The highest BCUT2D eigenvalue weighted by Gasteiger charge is 2.11. The molecule has 0 amide bonds. The molecule has 0 aliphatic carbocycles. The van der Waals surface area contributed by atoms with Crippen molar-refractivity contribution in [2.24, 2.45) is 5.92 Å². The molecule has 0 aliphatic rings. The molecule has 0 rings (SSSR count). The zero-order valence-electron chi connectivity index (χ0n) is 5.93.